The van der Waals surface area contributed by atoms with Crippen LogP contribution in [0.15, 0.2) is 6.07 Å². The lowest BCUT2D eigenvalue weighted by Crippen LogP contribution is -2.35. The number of aromatic nitrogens is 2. The predicted octanol–water partition coefficient (Wildman–Crippen LogP) is 1.30. The smallest absolute Gasteiger partial charge is 0.274 e. The van der Waals surface area contributed by atoms with Crippen molar-refractivity contribution in [1.29, 1.82) is 0 Å². The molecule has 2 rings (SSSR count). The zero-order valence-electron chi connectivity index (χ0n) is 11.2. The summed E-state index contributed by atoms with van der Waals surface area (Å²) in [4.78, 5) is 14.0. The number of carbonyl (C=O) groups is 1. The molecule has 0 bridgehead atoms. The molecule has 1 heterocycles. The Bertz CT molecular complexity index is 430. The van der Waals surface area contributed by atoms with E-state index in [9.17, 15) is 4.79 Å². The van der Waals surface area contributed by atoms with Crippen LogP contribution >= 0.6 is 0 Å². The molecule has 1 aromatic heterocycles. The Morgan fingerprint density at radius 1 is 1.56 bits per heavy atom. The Kier molecular flexibility index (Phi) is 3.43. The minimum atomic E-state index is -0.0849. The van der Waals surface area contributed by atoms with Crippen LogP contribution in [0.4, 0.5) is 0 Å². The van der Waals surface area contributed by atoms with Crippen molar-refractivity contribution in [3.05, 3.63) is 17.5 Å². The predicted molar refractivity (Wildman–Crippen MR) is 68.4 cm³/mol. The zero-order chi connectivity index (χ0) is 13.3. The Hall–Kier alpha value is -1.36. The van der Waals surface area contributed by atoms with Crippen molar-refractivity contribution in [3.63, 3.8) is 0 Å². The van der Waals surface area contributed by atoms with Crippen LogP contribution in [0.3, 0.4) is 0 Å². The highest BCUT2D eigenvalue weighted by Gasteiger charge is 2.33. The van der Waals surface area contributed by atoms with E-state index < -0.39 is 0 Å². The lowest BCUT2D eigenvalue weighted by atomic mass is 9.92. The second-order valence-corrected chi connectivity index (χ2v) is 5.87. The lowest BCUT2D eigenvalue weighted by molar-refractivity contribution is 0.0701. The van der Waals surface area contributed by atoms with Gasteiger partial charge in [-0.2, -0.15) is 5.10 Å². The van der Waals surface area contributed by atoms with Crippen LogP contribution in [0.1, 0.15) is 49.8 Å². The number of H-pyrrole nitrogens is 1. The van der Waals surface area contributed by atoms with Gasteiger partial charge in [-0.25, -0.2) is 0 Å². The summed E-state index contributed by atoms with van der Waals surface area (Å²) < 4.78 is 0. The molecule has 100 valence electrons. The highest BCUT2D eigenvalue weighted by molar-refractivity contribution is 5.92. The van der Waals surface area contributed by atoms with E-state index in [1.807, 2.05) is 6.07 Å². The first kappa shape index (κ1) is 13.1. The summed E-state index contributed by atoms with van der Waals surface area (Å²) in [6.07, 6.45) is 2.06. The van der Waals surface area contributed by atoms with Crippen LogP contribution in [-0.4, -0.2) is 45.3 Å². The average molecular weight is 251 g/mol. The summed E-state index contributed by atoms with van der Waals surface area (Å²) in [6, 6.07) is 2.11. The van der Waals surface area contributed by atoms with Gasteiger partial charge in [0, 0.05) is 23.7 Å². The number of aliphatic hydroxyl groups excluding tert-OH is 1. The number of rotatable bonds is 4. The van der Waals surface area contributed by atoms with Gasteiger partial charge in [0.25, 0.3) is 5.91 Å². The monoisotopic (exact) mass is 251 g/mol. The van der Waals surface area contributed by atoms with Gasteiger partial charge < -0.3 is 10.0 Å². The molecule has 2 N–H and O–H groups in total. The van der Waals surface area contributed by atoms with Crippen LogP contribution < -0.4 is 0 Å². The minimum absolute atomic E-state index is 0.00120. The van der Waals surface area contributed by atoms with E-state index >= 15 is 0 Å². The molecule has 1 aromatic rings. The van der Waals surface area contributed by atoms with E-state index in [-0.39, 0.29) is 17.9 Å². The third-order valence-corrected chi connectivity index (χ3v) is 3.19. The number of aromatic amines is 1. The van der Waals surface area contributed by atoms with E-state index in [4.69, 9.17) is 5.11 Å². The van der Waals surface area contributed by atoms with Crippen LogP contribution in [0.25, 0.3) is 0 Å². The molecule has 0 spiro atoms. The normalized spacial score (nSPS) is 15.8. The first-order chi connectivity index (χ1) is 8.43. The average Bonchev–Trinajstić information content (AvgIpc) is 2.99. The molecule has 1 aliphatic rings. The Labute approximate surface area is 107 Å². The van der Waals surface area contributed by atoms with Crippen LogP contribution in [-0.2, 0) is 5.41 Å². The fraction of sp³-hybridized carbons (Fsp3) is 0.692. The second kappa shape index (κ2) is 4.72. The van der Waals surface area contributed by atoms with Gasteiger partial charge in [0.2, 0.25) is 0 Å². The van der Waals surface area contributed by atoms with Crippen molar-refractivity contribution < 1.29 is 9.90 Å². The summed E-state index contributed by atoms with van der Waals surface area (Å²) in [6.45, 7) is 6.60. The minimum Gasteiger partial charge on any atom is -0.395 e. The maximum absolute atomic E-state index is 12.3. The molecule has 0 saturated heterocycles. The third-order valence-electron chi connectivity index (χ3n) is 3.19. The van der Waals surface area contributed by atoms with Crippen molar-refractivity contribution in [2.75, 3.05) is 13.2 Å². The highest BCUT2D eigenvalue weighted by atomic mass is 16.3. The topological polar surface area (TPSA) is 69.2 Å². The van der Waals surface area contributed by atoms with Crippen molar-refractivity contribution in [3.8, 4) is 0 Å². The van der Waals surface area contributed by atoms with Crippen molar-refractivity contribution in [1.82, 2.24) is 15.1 Å². The third kappa shape index (κ3) is 2.72. The fourth-order valence-corrected chi connectivity index (χ4v) is 1.91. The molecule has 1 saturated carbocycles. The molecule has 1 aliphatic carbocycles. The first-order valence-electron chi connectivity index (χ1n) is 6.41. The van der Waals surface area contributed by atoms with Gasteiger partial charge in [0.05, 0.1) is 6.61 Å². The molecular weight excluding hydrogens is 230 g/mol. The molecule has 0 aliphatic heterocycles. The molecule has 0 aromatic carbocycles. The molecule has 5 nitrogen and oxygen atoms in total. The standard InChI is InChI=1S/C13H21N3O2/c1-13(2,3)11-8-10(14-15-11)12(18)16(6-7-17)9-4-5-9/h8-9,17H,4-7H2,1-3H3,(H,14,15). The molecule has 18 heavy (non-hydrogen) atoms. The number of nitrogens with zero attached hydrogens (tertiary/aromatic N) is 2. The highest BCUT2D eigenvalue weighted by Crippen LogP contribution is 2.28. The quantitative estimate of drug-likeness (QED) is 0.847. The number of carbonyl (C=O) groups excluding carboxylic acids is 1. The molecule has 1 amide bonds. The van der Waals surface area contributed by atoms with Crippen molar-refractivity contribution in [2.24, 2.45) is 0 Å². The van der Waals surface area contributed by atoms with E-state index in [0.29, 0.717) is 18.3 Å². The molecule has 0 radical (unpaired) electrons. The van der Waals surface area contributed by atoms with Gasteiger partial charge in [-0.05, 0) is 18.9 Å². The number of amides is 1. The largest absolute Gasteiger partial charge is 0.395 e. The van der Waals surface area contributed by atoms with Gasteiger partial charge >= 0.3 is 0 Å². The second-order valence-electron chi connectivity index (χ2n) is 5.87. The van der Waals surface area contributed by atoms with Gasteiger partial charge in [-0.3, -0.25) is 9.89 Å². The lowest BCUT2D eigenvalue weighted by Gasteiger charge is -2.20. The van der Waals surface area contributed by atoms with Crippen molar-refractivity contribution >= 4 is 5.91 Å². The molecular formula is C13H21N3O2. The van der Waals surface area contributed by atoms with E-state index in [1.165, 1.54) is 0 Å². The number of hydrogen-bond donors (Lipinski definition) is 2. The van der Waals surface area contributed by atoms with Crippen molar-refractivity contribution in [2.45, 2.75) is 45.1 Å². The Morgan fingerprint density at radius 3 is 2.67 bits per heavy atom. The van der Waals surface area contributed by atoms with Gasteiger partial charge in [0.1, 0.15) is 5.69 Å². The van der Waals surface area contributed by atoms with E-state index in [0.717, 1.165) is 18.5 Å². The summed E-state index contributed by atoms with van der Waals surface area (Å²) in [7, 11) is 0. The molecule has 1 fully saturated rings. The van der Waals surface area contributed by atoms with Gasteiger partial charge in [0.15, 0.2) is 0 Å². The van der Waals surface area contributed by atoms with Crippen LogP contribution in [0.2, 0.25) is 0 Å². The Morgan fingerprint density at radius 2 is 2.22 bits per heavy atom. The van der Waals surface area contributed by atoms with Crippen LogP contribution in [0.5, 0.6) is 0 Å². The van der Waals surface area contributed by atoms with E-state index in [1.54, 1.807) is 4.90 Å². The zero-order valence-corrected chi connectivity index (χ0v) is 11.2. The van der Waals surface area contributed by atoms with Gasteiger partial charge in [-0.15, -0.1) is 0 Å². The summed E-state index contributed by atoms with van der Waals surface area (Å²) in [5.74, 6) is -0.0849. The van der Waals surface area contributed by atoms with E-state index in [2.05, 4.69) is 31.0 Å². The van der Waals surface area contributed by atoms with Gasteiger partial charge in [-0.1, -0.05) is 20.8 Å². The first-order valence-corrected chi connectivity index (χ1v) is 6.41. The Balaban J connectivity index is 2.14. The number of nitrogens with one attached hydrogen (secondary N) is 1. The SMILES string of the molecule is CC(C)(C)c1cc(C(=O)N(CCO)C2CC2)n[nH]1. The summed E-state index contributed by atoms with van der Waals surface area (Å²) >= 11 is 0. The molecule has 0 atom stereocenters. The fourth-order valence-electron chi connectivity index (χ4n) is 1.91. The number of aliphatic hydroxyl groups is 1. The maximum Gasteiger partial charge on any atom is 0.274 e. The maximum atomic E-state index is 12.3. The van der Waals surface area contributed by atoms with Crippen LogP contribution in [0, 0.1) is 0 Å². The summed E-state index contributed by atoms with van der Waals surface area (Å²) in [5.41, 5.74) is 1.35. The number of hydrogen-bond acceptors (Lipinski definition) is 3. The molecule has 0 unspecified atom stereocenters. The molecule has 5 heteroatoms. The summed E-state index contributed by atoms with van der Waals surface area (Å²) in [5, 5.41) is 16.0.